The Hall–Kier alpha value is -2.30. The lowest BCUT2D eigenvalue weighted by molar-refractivity contribution is 0.0563. The lowest BCUT2D eigenvalue weighted by Gasteiger charge is -2.06. The summed E-state index contributed by atoms with van der Waals surface area (Å²) in [7, 11) is 1.28. The molecule has 100 valence electrons. The fourth-order valence-corrected chi connectivity index (χ4v) is 1.63. The lowest BCUT2D eigenvalue weighted by Crippen LogP contribution is -2.01. The average molecular weight is 263 g/mol. The van der Waals surface area contributed by atoms with E-state index in [1.807, 2.05) is 13.0 Å². The van der Waals surface area contributed by atoms with Gasteiger partial charge in [0.25, 0.3) is 0 Å². The van der Waals surface area contributed by atoms with Crippen molar-refractivity contribution in [1.29, 1.82) is 0 Å². The molecule has 0 aliphatic heterocycles. The van der Waals surface area contributed by atoms with Gasteiger partial charge in [0.05, 0.1) is 19.3 Å². The van der Waals surface area contributed by atoms with Crippen LogP contribution in [0.5, 0.6) is 0 Å². The van der Waals surface area contributed by atoms with E-state index in [0.717, 1.165) is 5.56 Å². The van der Waals surface area contributed by atoms with Crippen LogP contribution in [0.15, 0.2) is 34.7 Å². The minimum Gasteiger partial charge on any atom is -0.463 e. The molecule has 2 aromatic rings. The van der Waals surface area contributed by atoms with Crippen LogP contribution in [0.3, 0.4) is 0 Å². The third kappa shape index (κ3) is 3.13. The molecule has 2 rings (SSSR count). The third-order valence-corrected chi connectivity index (χ3v) is 2.63. The summed E-state index contributed by atoms with van der Waals surface area (Å²) in [4.78, 5) is 11.2. The molecule has 0 radical (unpaired) electrons. The van der Waals surface area contributed by atoms with Crippen LogP contribution in [-0.2, 0) is 11.3 Å². The molecule has 5 heteroatoms. The Balaban J connectivity index is 2.02. The van der Waals surface area contributed by atoms with Gasteiger partial charge >= 0.3 is 5.97 Å². The van der Waals surface area contributed by atoms with Crippen LogP contribution in [0.25, 0.3) is 0 Å². The van der Waals surface area contributed by atoms with Crippen LogP contribution in [0.4, 0.5) is 10.1 Å². The highest BCUT2D eigenvalue weighted by atomic mass is 19.1. The molecule has 0 bridgehead atoms. The predicted octanol–water partition coefficient (Wildman–Crippen LogP) is 3.13. The molecule has 0 aliphatic rings. The molecule has 4 nitrogen and oxygen atoms in total. The van der Waals surface area contributed by atoms with Crippen LogP contribution < -0.4 is 5.32 Å². The average Bonchev–Trinajstić information content (AvgIpc) is 2.85. The van der Waals surface area contributed by atoms with Gasteiger partial charge in [0, 0.05) is 0 Å². The Morgan fingerprint density at radius 3 is 2.84 bits per heavy atom. The number of aryl methyl sites for hydroxylation is 1. The zero-order valence-corrected chi connectivity index (χ0v) is 10.7. The van der Waals surface area contributed by atoms with Crippen molar-refractivity contribution in [3.8, 4) is 0 Å². The number of furan rings is 1. The van der Waals surface area contributed by atoms with Gasteiger partial charge < -0.3 is 14.5 Å². The van der Waals surface area contributed by atoms with E-state index in [1.54, 1.807) is 12.1 Å². The Morgan fingerprint density at radius 1 is 1.37 bits per heavy atom. The van der Waals surface area contributed by atoms with Crippen LogP contribution in [0.1, 0.15) is 21.9 Å². The van der Waals surface area contributed by atoms with Gasteiger partial charge in [0.15, 0.2) is 0 Å². The van der Waals surface area contributed by atoms with Crippen molar-refractivity contribution in [2.24, 2.45) is 0 Å². The zero-order chi connectivity index (χ0) is 13.8. The van der Waals surface area contributed by atoms with Crippen molar-refractivity contribution >= 4 is 11.7 Å². The van der Waals surface area contributed by atoms with Gasteiger partial charge in [-0.3, -0.25) is 0 Å². The highest BCUT2D eigenvalue weighted by molar-refractivity contribution is 5.86. The van der Waals surface area contributed by atoms with Gasteiger partial charge in [-0.2, -0.15) is 0 Å². The van der Waals surface area contributed by atoms with Gasteiger partial charge in [-0.25, -0.2) is 9.18 Å². The maximum atomic E-state index is 13.6. The molecule has 0 unspecified atom stereocenters. The lowest BCUT2D eigenvalue weighted by atomic mass is 10.2. The molecule has 19 heavy (non-hydrogen) atoms. The van der Waals surface area contributed by atoms with E-state index in [1.165, 1.54) is 19.2 Å². The van der Waals surface area contributed by atoms with Gasteiger partial charge in [0.2, 0.25) is 5.76 Å². The SMILES string of the molecule is COC(=O)c1ccc(CNc2ccc(C)cc2F)o1. The zero-order valence-electron chi connectivity index (χ0n) is 10.7. The Kier molecular flexibility index (Phi) is 3.85. The number of nitrogens with one attached hydrogen (secondary N) is 1. The molecule has 0 saturated heterocycles. The summed E-state index contributed by atoms with van der Waals surface area (Å²) >= 11 is 0. The first-order valence-electron chi connectivity index (χ1n) is 5.77. The fourth-order valence-electron chi connectivity index (χ4n) is 1.63. The van der Waals surface area contributed by atoms with Crippen LogP contribution in [0, 0.1) is 12.7 Å². The molecule has 1 aromatic carbocycles. The molecule has 1 N–H and O–H groups in total. The maximum Gasteiger partial charge on any atom is 0.373 e. The summed E-state index contributed by atoms with van der Waals surface area (Å²) in [5.74, 6) is -0.198. The number of hydrogen-bond donors (Lipinski definition) is 1. The van der Waals surface area contributed by atoms with Crippen molar-refractivity contribution in [2.45, 2.75) is 13.5 Å². The summed E-state index contributed by atoms with van der Waals surface area (Å²) in [6, 6.07) is 8.09. The summed E-state index contributed by atoms with van der Waals surface area (Å²) < 4.78 is 23.4. The molecule has 1 aromatic heterocycles. The first-order valence-corrected chi connectivity index (χ1v) is 5.77. The molecular weight excluding hydrogens is 249 g/mol. The van der Waals surface area contributed by atoms with Crippen molar-refractivity contribution in [3.63, 3.8) is 0 Å². The van der Waals surface area contributed by atoms with Crippen molar-refractivity contribution < 1.29 is 18.3 Å². The second kappa shape index (κ2) is 5.56. The maximum absolute atomic E-state index is 13.6. The van der Waals surface area contributed by atoms with Crippen molar-refractivity contribution in [2.75, 3.05) is 12.4 Å². The fraction of sp³-hybridized carbons (Fsp3) is 0.214. The Labute approximate surface area is 110 Å². The minimum absolute atomic E-state index is 0.128. The molecule has 0 atom stereocenters. The van der Waals surface area contributed by atoms with E-state index >= 15 is 0 Å². The van der Waals surface area contributed by atoms with Gasteiger partial charge in [0.1, 0.15) is 11.6 Å². The number of benzene rings is 1. The number of halogens is 1. The monoisotopic (exact) mass is 263 g/mol. The first kappa shape index (κ1) is 13.1. The van der Waals surface area contributed by atoms with E-state index in [0.29, 0.717) is 11.4 Å². The normalized spacial score (nSPS) is 10.3. The smallest absolute Gasteiger partial charge is 0.373 e. The number of ether oxygens (including phenoxy) is 1. The van der Waals surface area contributed by atoms with Crippen LogP contribution >= 0.6 is 0 Å². The van der Waals surface area contributed by atoms with Gasteiger partial charge in [-0.1, -0.05) is 6.07 Å². The number of carbonyl (C=O) groups is 1. The Bertz CT molecular complexity index is 592. The summed E-state index contributed by atoms with van der Waals surface area (Å²) in [6.07, 6.45) is 0. The second-order valence-electron chi connectivity index (χ2n) is 4.09. The first-order chi connectivity index (χ1) is 9.10. The number of carbonyl (C=O) groups excluding carboxylic acids is 1. The predicted molar refractivity (Wildman–Crippen MR) is 68.5 cm³/mol. The third-order valence-electron chi connectivity index (χ3n) is 2.63. The molecule has 0 saturated carbocycles. The van der Waals surface area contributed by atoms with E-state index < -0.39 is 5.97 Å². The van der Waals surface area contributed by atoms with Crippen LogP contribution in [0.2, 0.25) is 0 Å². The number of methoxy groups -OCH3 is 1. The molecular formula is C14H14FNO3. The molecule has 0 amide bonds. The van der Waals surface area contributed by atoms with E-state index in [-0.39, 0.29) is 18.1 Å². The minimum atomic E-state index is -0.534. The number of anilines is 1. The highest BCUT2D eigenvalue weighted by Crippen LogP contribution is 2.17. The van der Waals surface area contributed by atoms with E-state index in [4.69, 9.17) is 4.42 Å². The number of hydrogen-bond acceptors (Lipinski definition) is 4. The van der Waals surface area contributed by atoms with Gasteiger partial charge in [-0.15, -0.1) is 0 Å². The van der Waals surface area contributed by atoms with Gasteiger partial charge in [-0.05, 0) is 36.8 Å². The second-order valence-corrected chi connectivity index (χ2v) is 4.09. The molecule has 1 heterocycles. The topological polar surface area (TPSA) is 51.5 Å². The van der Waals surface area contributed by atoms with E-state index in [9.17, 15) is 9.18 Å². The van der Waals surface area contributed by atoms with E-state index in [2.05, 4.69) is 10.1 Å². The molecule has 0 spiro atoms. The standard InChI is InChI=1S/C14H14FNO3/c1-9-3-5-12(11(15)7-9)16-8-10-4-6-13(19-10)14(17)18-2/h3-7,16H,8H2,1-2H3. The number of esters is 1. The summed E-state index contributed by atoms with van der Waals surface area (Å²) in [5, 5.41) is 2.91. The quantitative estimate of drug-likeness (QED) is 0.861. The van der Waals surface area contributed by atoms with Crippen molar-refractivity contribution in [3.05, 3.63) is 53.2 Å². The number of rotatable bonds is 4. The van der Waals surface area contributed by atoms with Crippen LogP contribution in [-0.4, -0.2) is 13.1 Å². The molecule has 0 aliphatic carbocycles. The van der Waals surface area contributed by atoms with Crippen molar-refractivity contribution in [1.82, 2.24) is 0 Å². The Morgan fingerprint density at radius 2 is 2.16 bits per heavy atom. The largest absolute Gasteiger partial charge is 0.463 e. The summed E-state index contributed by atoms with van der Waals surface area (Å²) in [5.41, 5.74) is 1.25. The highest BCUT2D eigenvalue weighted by Gasteiger charge is 2.11. The molecule has 0 fully saturated rings. The summed E-state index contributed by atoms with van der Waals surface area (Å²) in [6.45, 7) is 2.11.